The number of nitrogens with zero attached hydrogens (tertiary/aromatic N) is 5. The average molecular weight is 706 g/mol. The molecule has 0 radical (unpaired) electrons. The summed E-state index contributed by atoms with van der Waals surface area (Å²) in [6, 6.07) is 20.0. The van der Waals surface area contributed by atoms with Gasteiger partial charge in [-0.25, -0.2) is 14.4 Å². The Balaban J connectivity index is 0.955. The van der Waals surface area contributed by atoms with E-state index in [-0.39, 0.29) is 30.7 Å². The number of aromatic amines is 1. The zero-order valence-corrected chi connectivity index (χ0v) is 29.1. The predicted octanol–water partition coefficient (Wildman–Crippen LogP) is 5.20. The van der Waals surface area contributed by atoms with Crippen molar-refractivity contribution in [1.29, 1.82) is 0 Å². The van der Waals surface area contributed by atoms with Crippen LogP contribution in [0.25, 0.3) is 39.1 Å². The molecule has 2 aliphatic heterocycles. The normalized spacial score (nSPS) is 17.7. The summed E-state index contributed by atoms with van der Waals surface area (Å²) in [5.41, 5.74) is 3.97. The lowest BCUT2D eigenvalue weighted by atomic mass is 9.97. The second-order valence-corrected chi connectivity index (χ2v) is 12.9. The van der Waals surface area contributed by atoms with Crippen LogP contribution in [0.3, 0.4) is 0 Å². The van der Waals surface area contributed by atoms with Gasteiger partial charge < -0.3 is 24.4 Å². The van der Waals surface area contributed by atoms with E-state index in [4.69, 9.17) is 14.2 Å². The number of rotatable bonds is 12. The van der Waals surface area contributed by atoms with E-state index in [1.165, 1.54) is 13.2 Å². The zero-order chi connectivity index (χ0) is 36.1. The van der Waals surface area contributed by atoms with Crippen LogP contribution < -0.4 is 10.1 Å². The molecule has 3 aromatic carbocycles. The average Bonchev–Trinajstić information content (AvgIpc) is 3.80. The third-order valence-electron chi connectivity index (χ3n) is 9.68. The molecule has 0 spiro atoms. The number of amides is 2. The molecule has 0 saturated carbocycles. The largest absolute Gasteiger partial charge is 0.491 e. The van der Waals surface area contributed by atoms with Gasteiger partial charge in [0, 0.05) is 80.6 Å². The van der Waals surface area contributed by atoms with E-state index in [1.807, 2.05) is 59.5 Å². The van der Waals surface area contributed by atoms with Crippen molar-refractivity contribution in [2.24, 2.45) is 0 Å². The molecule has 5 aromatic rings. The number of benzene rings is 3. The molecule has 1 fully saturated rings. The molecule has 2 aromatic heterocycles. The predicted molar refractivity (Wildman–Crippen MR) is 195 cm³/mol. The van der Waals surface area contributed by atoms with Gasteiger partial charge in [-0.2, -0.15) is 5.10 Å². The molecular weight excluding hydrogens is 665 g/mol. The van der Waals surface area contributed by atoms with Crippen molar-refractivity contribution in [2.75, 3.05) is 65.5 Å². The first-order valence-electron chi connectivity index (χ1n) is 17.2. The molecule has 4 heterocycles. The fraction of sp³-hybridized carbons (Fsp3) is 0.308. The van der Waals surface area contributed by atoms with Crippen LogP contribution in [-0.2, 0) is 19.1 Å². The van der Waals surface area contributed by atoms with Gasteiger partial charge in [-0.05, 0) is 73.0 Å². The number of fused-ring (bicyclic) bond motifs is 1. The van der Waals surface area contributed by atoms with E-state index in [1.54, 1.807) is 36.5 Å². The number of H-pyrrole nitrogens is 1. The lowest BCUT2D eigenvalue weighted by Gasteiger charge is -2.30. The maximum absolute atomic E-state index is 15.1. The molecular formula is C39H40FN7O5. The van der Waals surface area contributed by atoms with Crippen LogP contribution in [0.4, 0.5) is 10.1 Å². The molecule has 12 nitrogen and oxygen atoms in total. The number of nitrogens with one attached hydrogen (secondary N) is 2. The van der Waals surface area contributed by atoms with E-state index < -0.39 is 5.60 Å². The van der Waals surface area contributed by atoms with E-state index in [9.17, 15) is 9.59 Å². The standard InChI is InChI=1S/C39H40FN7O5/c1-50-20-21-52-30-8-4-27(5-9-30)36-32-23-29(7-11-34(32)44-45-36)43-38(49)39(51-2)14-19-46(25-39)24-35(48)47-17-12-26(13-18-47)31-10-6-28(22-33(31)40)37-41-15-3-16-42-37/h3-12,15-16,22-23H,13-14,17-21,24-25H2,1-2H3,(H,43,49)(H,44,45)/t39-/m0/s1. The van der Waals surface area contributed by atoms with Gasteiger partial charge in [0.05, 0.1) is 24.4 Å². The summed E-state index contributed by atoms with van der Waals surface area (Å²) in [5, 5.41) is 11.5. The summed E-state index contributed by atoms with van der Waals surface area (Å²) in [4.78, 5) is 39.2. The second-order valence-electron chi connectivity index (χ2n) is 12.9. The molecule has 7 rings (SSSR count). The summed E-state index contributed by atoms with van der Waals surface area (Å²) >= 11 is 0. The molecule has 2 N–H and O–H groups in total. The topological polar surface area (TPSA) is 135 Å². The highest BCUT2D eigenvalue weighted by atomic mass is 19.1. The second kappa shape index (κ2) is 15.4. The quantitative estimate of drug-likeness (QED) is 0.168. The molecule has 0 bridgehead atoms. The molecule has 2 aliphatic rings. The Labute approximate surface area is 300 Å². The number of hydrogen-bond acceptors (Lipinski definition) is 9. The van der Waals surface area contributed by atoms with Crippen LogP contribution in [0.1, 0.15) is 18.4 Å². The number of carbonyl (C=O) groups is 2. The summed E-state index contributed by atoms with van der Waals surface area (Å²) in [5.74, 6) is 0.535. The number of methoxy groups -OCH3 is 2. The number of ether oxygens (including phenoxy) is 3. The van der Waals surface area contributed by atoms with Gasteiger partial charge in [0.2, 0.25) is 5.91 Å². The highest BCUT2D eigenvalue weighted by Crippen LogP contribution is 2.32. The Morgan fingerprint density at radius 2 is 1.79 bits per heavy atom. The lowest BCUT2D eigenvalue weighted by Crippen LogP contribution is -2.48. The van der Waals surface area contributed by atoms with Gasteiger partial charge in [-0.15, -0.1) is 0 Å². The summed E-state index contributed by atoms with van der Waals surface area (Å²) in [6.45, 7) is 2.78. The Kier molecular flexibility index (Phi) is 10.3. The summed E-state index contributed by atoms with van der Waals surface area (Å²) in [6.07, 6.45) is 6.13. The van der Waals surface area contributed by atoms with Crippen LogP contribution in [0.15, 0.2) is 85.2 Å². The third-order valence-corrected chi connectivity index (χ3v) is 9.68. The number of carbonyl (C=O) groups excluding carboxylic acids is 2. The molecule has 13 heteroatoms. The van der Waals surface area contributed by atoms with E-state index in [2.05, 4.69) is 25.5 Å². The van der Waals surface area contributed by atoms with Crippen LogP contribution >= 0.6 is 0 Å². The zero-order valence-electron chi connectivity index (χ0n) is 29.1. The van der Waals surface area contributed by atoms with Crippen LogP contribution in [-0.4, -0.2) is 108 Å². The maximum atomic E-state index is 15.1. The first kappa shape index (κ1) is 34.9. The lowest BCUT2D eigenvalue weighted by molar-refractivity contribution is -0.138. The minimum Gasteiger partial charge on any atom is -0.491 e. The molecule has 52 heavy (non-hydrogen) atoms. The van der Waals surface area contributed by atoms with Crippen LogP contribution in [0.2, 0.25) is 0 Å². The summed E-state index contributed by atoms with van der Waals surface area (Å²) in [7, 11) is 3.16. The van der Waals surface area contributed by atoms with Crippen molar-refractivity contribution in [2.45, 2.75) is 18.4 Å². The Hall–Kier alpha value is -5.50. The smallest absolute Gasteiger partial charge is 0.258 e. The van der Waals surface area contributed by atoms with Crippen molar-refractivity contribution in [3.8, 4) is 28.4 Å². The number of halogens is 1. The number of anilines is 1. The monoisotopic (exact) mass is 705 g/mol. The highest BCUT2D eigenvalue weighted by molar-refractivity contribution is 6.01. The summed E-state index contributed by atoms with van der Waals surface area (Å²) < 4.78 is 31.7. The van der Waals surface area contributed by atoms with E-state index in [0.29, 0.717) is 68.3 Å². The minimum absolute atomic E-state index is 0.0489. The van der Waals surface area contributed by atoms with Gasteiger partial charge in [0.1, 0.15) is 18.2 Å². The van der Waals surface area contributed by atoms with E-state index >= 15 is 4.39 Å². The van der Waals surface area contributed by atoms with Gasteiger partial charge >= 0.3 is 0 Å². The molecule has 0 aliphatic carbocycles. The minimum atomic E-state index is -1.11. The first-order chi connectivity index (χ1) is 25.4. The maximum Gasteiger partial charge on any atom is 0.258 e. The molecule has 268 valence electrons. The Bertz CT molecular complexity index is 2090. The van der Waals surface area contributed by atoms with E-state index in [0.717, 1.165) is 33.5 Å². The van der Waals surface area contributed by atoms with Crippen LogP contribution in [0, 0.1) is 5.82 Å². The van der Waals surface area contributed by atoms with Crippen molar-refractivity contribution in [1.82, 2.24) is 30.0 Å². The number of aromatic nitrogens is 4. The first-order valence-corrected chi connectivity index (χ1v) is 17.2. The molecule has 1 saturated heterocycles. The van der Waals surface area contributed by atoms with Gasteiger partial charge in [0.25, 0.3) is 5.91 Å². The van der Waals surface area contributed by atoms with Gasteiger partial charge in [0.15, 0.2) is 11.4 Å². The molecule has 0 unspecified atom stereocenters. The van der Waals surface area contributed by atoms with Gasteiger partial charge in [-0.1, -0.05) is 18.2 Å². The van der Waals surface area contributed by atoms with Gasteiger partial charge in [-0.3, -0.25) is 19.6 Å². The highest BCUT2D eigenvalue weighted by Gasteiger charge is 2.45. The SMILES string of the molecule is COCCOc1ccc(-c2n[nH]c3ccc(NC(=O)[C@]4(OC)CCN(CC(=O)N5CC=C(c6ccc(-c7ncccn7)cc6F)CC5)C4)cc23)cc1. The van der Waals surface area contributed by atoms with Crippen molar-refractivity contribution < 1.29 is 28.2 Å². The Morgan fingerprint density at radius 3 is 2.52 bits per heavy atom. The number of likely N-dealkylation sites (tertiary alicyclic amines) is 1. The fourth-order valence-corrected chi connectivity index (χ4v) is 6.74. The van der Waals surface area contributed by atoms with Crippen molar-refractivity contribution >= 4 is 34.0 Å². The fourth-order valence-electron chi connectivity index (χ4n) is 6.74. The molecule has 1 atom stereocenters. The van der Waals surface area contributed by atoms with Crippen LogP contribution in [0.5, 0.6) is 5.75 Å². The number of hydrogen-bond donors (Lipinski definition) is 2. The third kappa shape index (κ3) is 7.42. The Morgan fingerprint density at radius 1 is 0.981 bits per heavy atom. The molecule has 2 amide bonds. The van der Waals surface area contributed by atoms with Crippen molar-refractivity contribution in [3.63, 3.8) is 0 Å². The van der Waals surface area contributed by atoms with Crippen molar-refractivity contribution in [3.05, 3.63) is 96.6 Å².